The summed E-state index contributed by atoms with van der Waals surface area (Å²) < 4.78 is 27.8. The number of fused-ring (bicyclic) bond motifs is 1. The molecule has 4 aromatic carbocycles. The molecule has 0 radical (unpaired) electrons. The van der Waals surface area contributed by atoms with Gasteiger partial charge in [-0.1, -0.05) is 90.2 Å². The smallest absolute Gasteiger partial charge is 0.338 e. The van der Waals surface area contributed by atoms with Crippen LogP contribution in [0.4, 0.5) is 4.39 Å². The van der Waals surface area contributed by atoms with Gasteiger partial charge < -0.3 is 9.47 Å². The molecule has 0 saturated heterocycles. The minimum atomic E-state index is -0.763. The van der Waals surface area contributed by atoms with E-state index < -0.39 is 12.0 Å². The molecule has 1 aliphatic heterocycles. The maximum absolute atomic E-state index is 14.3. The van der Waals surface area contributed by atoms with Gasteiger partial charge in [-0.25, -0.2) is 14.2 Å². The van der Waals surface area contributed by atoms with E-state index in [4.69, 9.17) is 14.5 Å². The van der Waals surface area contributed by atoms with Crippen LogP contribution in [0.15, 0.2) is 123 Å². The Morgan fingerprint density at radius 3 is 2.42 bits per heavy atom. The Labute approximate surface area is 267 Å². The number of rotatable bonds is 9. The van der Waals surface area contributed by atoms with Gasteiger partial charge in [0.2, 0.25) is 0 Å². The van der Waals surface area contributed by atoms with Crippen molar-refractivity contribution in [3.8, 4) is 5.75 Å². The minimum absolute atomic E-state index is 0.0359. The van der Waals surface area contributed by atoms with E-state index in [2.05, 4.69) is 0 Å². The van der Waals surface area contributed by atoms with Crippen molar-refractivity contribution < 1.29 is 18.7 Å². The SMILES string of the molecule is CCOC(=O)C1=C(c2ccccc2)N=c2s/c(=C\c3ccccc3OCc3ccccc3F)c(=O)n2[C@@H]1c1ccc(SC)cc1. The molecule has 0 N–H and O–H groups in total. The van der Waals surface area contributed by atoms with Crippen molar-refractivity contribution in [2.24, 2.45) is 4.99 Å². The lowest BCUT2D eigenvalue weighted by molar-refractivity contribution is -0.138. The predicted molar refractivity (Wildman–Crippen MR) is 176 cm³/mol. The third-order valence-electron chi connectivity index (χ3n) is 7.35. The number of aromatic nitrogens is 1. The molecule has 45 heavy (non-hydrogen) atoms. The molecular weight excluding hydrogens is 608 g/mol. The zero-order valence-corrected chi connectivity index (χ0v) is 26.2. The first-order valence-corrected chi connectivity index (χ1v) is 16.4. The van der Waals surface area contributed by atoms with Crippen molar-refractivity contribution in [3.63, 3.8) is 0 Å². The summed E-state index contributed by atoms with van der Waals surface area (Å²) in [5.41, 5.74) is 3.07. The molecule has 0 unspecified atom stereocenters. The second-order valence-electron chi connectivity index (χ2n) is 10.1. The largest absolute Gasteiger partial charge is 0.488 e. The summed E-state index contributed by atoms with van der Waals surface area (Å²) in [6.45, 7) is 1.97. The van der Waals surface area contributed by atoms with Crippen LogP contribution in [-0.2, 0) is 16.1 Å². The molecular formula is C36H29FN2O4S2. The van der Waals surface area contributed by atoms with Gasteiger partial charge in [-0.15, -0.1) is 11.8 Å². The van der Waals surface area contributed by atoms with Crippen LogP contribution in [0.2, 0.25) is 0 Å². The van der Waals surface area contributed by atoms with E-state index in [0.29, 0.717) is 37.5 Å². The van der Waals surface area contributed by atoms with Crippen molar-refractivity contribution >= 4 is 40.8 Å². The molecule has 1 aliphatic rings. The first-order chi connectivity index (χ1) is 22.0. The fourth-order valence-electron chi connectivity index (χ4n) is 5.19. The molecule has 2 heterocycles. The number of thiazole rings is 1. The number of ether oxygens (including phenoxy) is 2. The summed E-state index contributed by atoms with van der Waals surface area (Å²) in [7, 11) is 0. The number of thioether (sulfide) groups is 1. The number of carbonyl (C=O) groups is 1. The van der Waals surface area contributed by atoms with Gasteiger partial charge in [0.05, 0.1) is 28.5 Å². The highest BCUT2D eigenvalue weighted by Crippen LogP contribution is 2.35. The number of halogens is 1. The van der Waals surface area contributed by atoms with Crippen LogP contribution in [-0.4, -0.2) is 23.4 Å². The summed E-state index contributed by atoms with van der Waals surface area (Å²) in [5.74, 6) is -0.367. The fourth-order valence-corrected chi connectivity index (χ4v) is 6.59. The Morgan fingerprint density at radius 2 is 1.69 bits per heavy atom. The first-order valence-electron chi connectivity index (χ1n) is 14.4. The zero-order chi connectivity index (χ0) is 31.3. The van der Waals surface area contributed by atoms with Crippen molar-refractivity contribution in [2.45, 2.75) is 24.5 Å². The summed E-state index contributed by atoms with van der Waals surface area (Å²) >= 11 is 2.85. The number of benzene rings is 4. The summed E-state index contributed by atoms with van der Waals surface area (Å²) in [5, 5.41) is 0. The number of hydrogen-bond donors (Lipinski definition) is 0. The Morgan fingerprint density at radius 1 is 0.978 bits per heavy atom. The van der Waals surface area contributed by atoms with Crippen LogP contribution >= 0.6 is 23.1 Å². The van der Waals surface area contributed by atoms with E-state index in [-0.39, 0.29) is 24.6 Å². The predicted octanol–water partition coefficient (Wildman–Crippen LogP) is 6.38. The molecule has 1 aromatic heterocycles. The molecule has 0 fully saturated rings. The molecule has 0 saturated carbocycles. The summed E-state index contributed by atoms with van der Waals surface area (Å²) in [6.07, 6.45) is 3.75. The maximum atomic E-state index is 14.3. The number of esters is 1. The Bertz CT molecular complexity index is 2070. The van der Waals surface area contributed by atoms with Crippen molar-refractivity contribution in [1.29, 1.82) is 0 Å². The molecule has 0 spiro atoms. The highest BCUT2D eigenvalue weighted by molar-refractivity contribution is 7.98. The van der Waals surface area contributed by atoms with Gasteiger partial charge in [-0.2, -0.15) is 0 Å². The number of para-hydroxylation sites is 1. The van der Waals surface area contributed by atoms with Crippen LogP contribution in [0.25, 0.3) is 11.8 Å². The van der Waals surface area contributed by atoms with Crippen molar-refractivity contribution in [1.82, 2.24) is 4.57 Å². The third-order valence-corrected chi connectivity index (χ3v) is 9.08. The number of nitrogens with zero attached hydrogens (tertiary/aromatic N) is 2. The maximum Gasteiger partial charge on any atom is 0.338 e. The van der Waals surface area contributed by atoms with Crippen LogP contribution in [0.1, 0.15) is 35.2 Å². The molecule has 0 aliphatic carbocycles. The lowest BCUT2D eigenvalue weighted by Crippen LogP contribution is -2.40. The quantitative estimate of drug-likeness (QED) is 0.139. The molecule has 6 nitrogen and oxygen atoms in total. The van der Waals surface area contributed by atoms with E-state index in [1.165, 1.54) is 17.4 Å². The third kappa shape index (κ3) is 6.27. The van der Waals surface area contributed by atoms with Gasteiger partial charge in [-0.05, 0) is 49.1 Å². The van der Waals surface area contributed by atoms with Gasteiger partial charge in [0, 0.05) is 21.6 Å². The number of carbonyl (C=O) groups excluding carboxylic acids is 1. The lowest BCUT2D eigenvalue weighted by atomic mass is 9.93. The van der Waals surface area contributed by atoms with Crippen LogP contribution in [0.5, 0.6) is 5.75 Å². The Hall–Kier alpha value is -4.73. The van der Waals surface area contributed by atoms with Crippen LogP contribution in [0.3, 0.4) is 0 Å². The average Bonchev–Trinajstić information content (AvgIpc) is 3.38. The van der Waals surface area contributed by atoms with Crippen molar-refractivity contribution in [3.05, 3.63) is 156 Å². The van der Waals surface area contributed by atoms with Gasteiger partial charge in [0.1, 0.15) is 18.2 Å². The second kappa shape index (κ2) is 13.5. The lowest BCUT2D eigenvalue weighted by Gasteiger charge is -2.26. The molecule has 1 atom stereocenters. The fraction of sp³-hybridized carbons (Fsp3) is 0.139. The van der Waals surface area contributed by atoms with Gasteiger partial charge in [0.15, 0.2) is 4.80 Å². The highest BCUT2D eigenvalue weighted by Gasteiger charge is 2.35. The Balaban J connectivity index is 1.52. The molecule has 6 rings (SSSR count). The van der Waals surface area contributed by atoms with E-state index in [0.717, 1.165) is 16.0 Å². The highest BCUT2D eigenvalue weighted by atomic mass is 32.2. The topological polar surface area (TPSA) is 69.9 Å². The normalized spacial score (nSPS) is 14.6. The van der Waals surface area contributed by atoms with Gasteiger partial charge >= 0.3 is 5.97 Å². The first kappa shape index (κ1) is 30.3. The van der Waals surface area contributed by atoms with Crippen LogP contribution < -0.4 is 19.6 Å². The molecule has 5 aromatic rings. The van der Waals surface area contributed by atoms with Crippen LogP contribution in [0, 0.1) is 5.82 Å². The monoisotopic (exact) mass is 636 g/mol. The summed E-state index contributed by atoms with van der Waals surface area (Å²) in [6, 6.07) is 30.3. The molecule has 226 valence electrons. The van der Waals surface area contributed by atoms with E-state index >= 15 is 0 Å². The Kier molecular flexibility index (Phi) is 9.09. The molecule has 0 bridgehead atoms. The number of hydrogen-bond acceptors (Lipinski definition) is 7. The zero-order valence-electron chi connectivity index (χ0n) is 24.6. The molecule has 0 amide bonds. The van der Waals surface area contributed by atoms with Gasteiger partial charge in [-0.3, -0.25) is 9.36 Å². The van der Waals surface area contributed by atoms with E-state index in [9.17, 15) is 14.0 Å². The van der Waals surface area contributed by atoms with Gasteiger partial charge in [0.25, 0.3) is 5.56 Å². The van der Waals surface area contributed by atoms with E-state index in [1.54, 1.807) is 53.6 Å². The van der Waals surface area contributed by atoms with E-state index in [1.807, 2.05) is 79.1 Å². The summed E-state index contributed by atoms with van der Waals surface area (Å²) in [4.78, 5) is 34.3. The molecule has 9 heteroatoms. The minimum Gasteiger partial charge on any atom is -0.488 e. The second-order valence-corrected chi connectivity index (χ2v) is 12.0. The average molecular weight is 637 g/mol. The van der Waals surface area contributed by atoms with Crippen molar-refractivity contribution in [2.75, 3.05) is 12.9 Å². The standard InChI is InChI=1S/C36H29FN2O4S2/c1-3-42-35(41)31-32(23-11-5-4-6-12-23)38-36-39(33(31)24-17-19-27(44-2)20-18-24)34(40)30(45-36)21-25-13-8-10-16-29(25)43-22-26-14-7-9-15-28(26)37/h4-21,33H,3,22H2,1-2H3/b30-21-/t33-/m1/s1.